The fourth-order valence-electron chi connectivity index (χ4n) is 11.1. The van der Waals surface area contributed by atoms with Gasteiger partial charge in [0.1, 0.15) is 0 Å². The Bertz CT molecular complexity index is 3790. The van der Waals surface area contributed by atoms with Gasteiger partial charge in [0.15, 0.2) is 0 Å². The van der Waals surface area contributed by atoms with Gasteiger partial charge >= 0.3 is 0 Å². The number of hydrogen-bond donors (Lipinski definition) is 0. The SMILES string of the molecule is [2H]c1c([2H])c([2H])c(-c2ccc3c(c2)B2c4cc(-c5ccccc5C(C)(C)C)ccc4N(c4ccc(-c5ccccc5)cc4)c4cc(C(C)(C)C)cc(c42)N3c2ccccc2-c2cc(C(C)(C)C)cc(C(C)(C)C)c2)c([2H])c1[2H]. The highest BCUT2D eigenvalue weighted by Crippen LogP contribution is 2.50. The monoisotopic (exact) mass is 954 g/mol. The number of anilines is 6. The van der Waals surface area contributed by atoms with Crippen LogP contribution in [0.15, 0.2) is 200 Å². The molecule has 0 spiro atoms. The summed E-state index contributed by atoms with van der Waals surface area (Å²) in [6, 6.07) is 60.6. The van der Waals surface area contributed by atoms with Crippen molar-refractivity contribution in [3.63, 3.8) is 0 Å². The molecule has 0 atom stereocenters. The molecule has 2 nitrogen and oxygen atoms in total. The lowest BCUT2D eigenvalue weighted by atomic mass is 9.33. The molecule has 0 aliphatic carbocycles. The number of para-hydroxylation sites is 1. The van der Waals surface area contributed by atoms with Crippen LogP contribution in [0.1, 0.15) is 112 Å². The van der Waals surface area contributed by atoms with Crippen molar-refractivity contribution in [2.24, 2.45) is 0 Å². The van der Waals surface area contributed by atoms with E-state index in [-0.39, 0.29) is 58.1 Å². The molecule has 9 aromatic rings. The minimum atomic E-state index is -0.408. The normalized spacial score (nSPS) is 14.4. The minimum absolute atomic E-state index is 0.113. The van der Waals surface area contributed by atoms with Crippen LogP contribution >= 0.6 is 0 Å². The number of fused-ring (bicyclic) bond motifs is 4. The maximum absolute atomic E-state index is 9.29. The van der Waals surface area contributed by atoms with Crippen LogP contribution in [-0.2, 0) is 21.7 Å². The summed E-state index contributed by atoms with van der Waals surface area (Å²) < 4.78 is 44.8. The fourth-order valence-corrected chi connectivity index (χ4v) is 11.1. The van der Waals surface area contributed by atoms with Crippen LogP contribution in [0.2, 0.25) is 0 Å². The van der Waals surface area contributed by atoms with E-state index in [0.717, 1.165) is 78.3 Å². The smallest absolute Gasteiger partial charge is 0.252 e. The molecule has 2 heterocycles. The molecule has 362 valence electrons. The van der Waals surface area contributed by atoms with Crippen molar-refractivity contribution in [2.45, 2.75) is 105 Å². The first-order chi connectivity index (χ1) is 36.8. The van der Waals surface area contributed by atoms with Gasteiger partial charge in [-0.3, -0.25) is 0 Å². The van der Waals surface area contributed by atoms with Gasteiger partial charge in [-0.15, -0.1) is 0 Å². The molecule has 0 radical (unpaired) electrons. The predicted octanol–water partition coefficient (Wildman–Crippen LogP) is 17.6. The molecule has 2 aliphatic rings. The van der Waals surface area contributed by atoms with E-state index in [2.05, 4.69) is 257 Å². The maximum Gasteiger partial charge on any atom is 0.252 e. The third-order valence-corrected chi connectivity index (χ3v) is 15.1. The number of benzene rings is 9. The van der Waals surface area contributed by atoms with E-state index in [1.165, 1.54) is 27.8 Å². The van der Waals surface area contributed by atoms with Gasteiger partial charge in [-0.05, 0) is 142 Å². The highest BCUT2D eigenvalue weighted by Gasteiger charge is 2.45. The predicted molar refractivity (Wildman–Crippen MR) is 317 cm³/mol. The quantitative estimate of drug-likeness (QED) is 0.153. The van der Waals surface area contributed by atoms with Crippen molar-refractivity contribution in [2.75, 3.05) is 9.80 Å². The first-order valence-electron chi connectivity index (χ1n) is 28.5. The van der Waals surface area contributed by atoms with E-state index in [4.69, 9.17) is 4.11 Å². The van der Waals surface area contributed by atoms with E-state index in [1.807, 2.05) is 6.07 Å². The van der Waals surface area contributed by atoms with Crippen molar-refractivity contribution in [3.05, 3.63) is 222 Å². The van der Waals surface area contributed by atoms with Crippen LogP contribution in [0.25, 0.3) is 44.5 Å². The van der Waals surface area contributed by atoms with Gasteiger partial charge in [0, 0.05) is 34.0 Å². The standard InChI is InChI=1S/C70H69BN2/c1-67(2,3)52-39-51(40-53(43-52)68(4,5)6)57-28-20-22-30-61(57)73-63-37-33-49(47-25-17-14-18-26-47)41-59(63)71-60-42-50(56-27-19-21-29-58(56)70(10,11)12)34-38-62(60)72(64-44-54(69(7,8)9)45-65(73)66(64)71)55-35-31-48(32-36-55)46-23-15-13-16-24-46/h13-45H,1-12H3/i14D,17D,18D,25D,26D. The lowest BCUT2D eigenvalue weighted by Crippen LogP contribution is -2.61. The van der Waals surface area contributed by atoms with Crippen LogP contribution in [0.4, 0.5) is 34.1 Å². The Morgan fingerprint density at radius 3 is 1.45 bits per heavy atom. The Hall–Kier alpha value is -7.36. The highest BCUT2D eigenvalue weighted by molar-refractivity contribution is 7.00. The lowest BCUT2D eigenvalue weighted by molar-refractivity contribution is 0.569. The molecular formula is C70H69BN2. The Morgan fingerprint density at radius 2 is 0.836 bits per heavy atom. The summed E-state index contributed by atoms with van der Waals surface area (Å²) in [6.07, 6.45) is 0. The zero-order valence-electron chi connectivity index (χ0n) is 49.6. The minimum Gasteiger partial charge on any atom is -0.311 e. The Balaban J connectivity index is 1.28. The average molecular weight is 954 g/mol. The number of hydrogen-bond acceptors (Lipinski definition) is 2. The van der Waals surface area contributed by atoms with Crippen molar-refractivity contribution in [1.82, 2.24) is 0 Å². The van der Waals surface area contributed by atoms with Gasteiger partial charge in [0.25, 0.3) is 6.71 Å². The van der Waals surface area contributed by atoms with Crippen LogP contribution in [0, 0.1) is 0 Å². The summed E-state index contributed by atoms with van der Waals surface area (Å²) in [4.78, 5) is 4.92. The number of nitrogens with zero attached hydrogens (tertiary/aromatic N) is 2. The van der Waals surface area contributed by atoms with Crippen molar-refractivity contribution in [1.29, 1.82) is 0 Å². The van der Waals surface area contributed by atoms with Gasteiger partial charge < -0.3 is 9.80 Å². The topological polar surface area (TPSA) is 6.48 Å². The van der Waals surface area contributed by atoms with Gasteiger partial charge in [-0.25, -0.2) is 0 Å². The molecule has 0 unspecified atom stereocenters. The van der Waals surface area contributed by atoms with E-state index in [1.54, 1.807) is 0 Å². The Labute approximate surface area is 443 Å². The molecule has 0 bridgehead atoms. The molecule has 2 aliphatic heterocycles. The summed E-state index contributed by atoms with van der Waals surface area (Å²) >= 11 is 0. The van der Waals surface area contributed by atoms with Crippen molar-refractivity contribution >= 4 is 57.2 Å². The lowest BCUT2D eigenvalue weighted by Gasteiger charge is -2.45. The molecule has 0 N–H and O–H groups in total. The maximum atomic E-state index is 9.29. The van der Waals surface area contributed by atoms with Crippen LogP contribution < -0.4 is 26.2 Å². The molecule has 3 heteroatoms. The third kappa shape index (κ3) is 8.71. The van der Waals surface area contributed by atoms with Gasteiger partial charge in [-0.2, -0.15) is 0 Å². The van der Waals surface area contributed by atoms with E-state index in [9.17, 15) is 2.74 Å². The summed E-state index contributed by atoms with van der Waals surface area (Å²) in [5, 5.41) is 0. The second kappa shape index (κ2) is 17.7. The molecule has 73 heavy (non-hydrogen) atoms. The summed E-state index contributed by atoms with van der Waals surface area (Å²) in [7, 11) is 0. The van der Waals surface area contributed by atoms with E-state index < -0.39 is 6.04 Å². The van der Waals surface area contributed by atoms with E-state index in [0.29, 0.717) is 5.56 Å². The largest absolute Gasteiger partial charge is 0.311 e. The van der Waals surface area contributed by atoms with Crippen LogP contribution in [-0.4, -0.2) is 6.71 Å². The fraction of sp³-hybridized carbons (Fsp3) is 0.229. The Kier molecular flexibility index (Phi) is 10.2. The highest BCUT2D eigenvalue weighted by atomic mass is 15.2. The zero-order chi connectivity index (χ0) is 55.5. The average Bonchev–Trinajstić information content (AvgIpc) is 3.31. The summed E-state index contributed by atoms with van der Waals surface area (Å²) in [5.41, 5.74) is 21.3. The summed E-state index contributed by atoms with van der Waals surface area (Å²) in [5.74, 6) is 0. The van der Waals surface area contributed by atoms with Crippen LogP contribution in [0.5, 0.6) is 0 Å². The molecule has 9 aromatic carbocycles. The number of rotatable bonds is 6. The molecule has 0 fully saturated rings. The third-order valence-electron chi connectivity index (χ3n) is 15.1. The van der Waals surface area contributed by atoms with Gasteiger partial charge in [0.05, 0.1) is 12.5 Å². The first-order valence-corrected chi connectivity index (χ1v) is 26.0. The van der Waals surface area contributed by atoms with Crippen LogP contribution in [0.3, 0.4) is 0 Å². The molecule has 0 saturated heterocycles. The molecular weight excluding hydrogens is 880 g/mol. The second-order valence-corrected chi connectivity index (χ2v) is 24.4. The van der Waals surface area contributed by atoms with Crippen molar-refractivity contribution in [3.8, 4) is 44.5 Å². The summed E-state index contributed by atoms with van der Waals surface area (Å²) in [6.45, 7) is 27.1. The Morgan fingerprint density at radius 1 is 0.342 bits per heavy atom. The molecule has 0 saturated carbocycles. The van der Waals surface area contributed by atoms with Gasteiger partial charge in [0.2, 0.25) is 0 Å². The van der Waals surface area contributed by atoms with Crippen molar-refractivity contribution < 1.29 is 6.85 Å². The van der Waals surface area contributed by atoms with E-state index >= 15 is 0 Å². The molecule has 11 rings (SSSR count). The first kappa shape index (κ1) is 42.2. The molecule has 0 amide bonds. The van der Waals surface area contributed by atoms with Gasteiger partial charge in [-0.1, -0.05) is 241 Å². The second-order valence-electron chi connectivity index (χ2n) is 24.4. The zero-order valence-corrected chi connectivity index (χ0v) is 44.6. The molecule has 0 aromatic heterocycles.